The number of amides is 1. The van der Waals surface area contributed by atoms with E-state index in [0.29, 0.717) is 0 Å². The number of anilines is 1. The lowest BCUT2D eigenvalue weighted by atomic mass is 10.1. The number of carbonyl (C=O) groups excluding carboxylic acids is 1. The zero-order valence-corrected chi connectivity index (χ0v) is 11.8. The molecular weight excluding hydrogens is 339 g/mol. The predicted octanol–water partition coefficient (Wildman–Crippen LogP) is 2.93. The van der Waals surface area contributed by atoms with Crippen LogP contribution >= 0.6 is 22.6 Å². The third-order valence-corrected chi connectivity index (χ3v) is 3.27. The summed E-state index contributed by atoms with van der Waals surface area (Å²) in [5, 5.41) is 2.80. The first-order valence-electron chi connectivity index (χ1n) is 5.54. The Kier molecular flexibility index (Phi) is 4.33. The lowest BCUT2D eigenvalue weighted by Crippen LogP contribution is -2.27. The van der Waals surface area contributed by atoms with Crippen molar-refractivity contribution in [3.8, 4) is 0 Å². The molecule has 0 aliphatic heterocycles. The maximum Gasteiger partial charge on any atom is 0.245 e. The van der Waals surface area contributed by atoms with Gasteiger partial charge in [-0.3, -0.25) is 4.79 Å². The number of hydrogen-bond acceptors (Lipinski definition) is 2. The molecule has 4 heteroatoms. The second kappa shape index (κ2) is 5.97. The maximum atomic E-state index is 12.0. The molecule has 3 nitrogen and oxygen atoms in total. The number of nitrogens with one attached hydrogen (secondary N) is 1. The Hall–Kier alpha value is -1.40. The van der Waals surface area contributed by atoms with Gasteiger partial charge < -0.3 is 11.1 Å². The van der Waals surface area contributed by atoms with E-state index in [1.807, 2.05) is 54.6 Å². The van der Waals surface area contributed by atoms with E-state index in [-0.39, 0.29) is 5.91 Å². The first-order chi connectivity index (χ1) is 8.66. The van der Waals surface area contributed by atoms with Gasteiger partial charge in [-0.25, -0.2) is 0 Å². The van der Waals surface area contributed by atoms with Gasteiger partial charge in [0.05, 0.1) is 0 Å². The van der Waals surface area contributed by atoms with Gasteiger partial charge in [0.15, 0.2) is 0 Å². The summed E-state index contributed by atoms with van der Waals surface area (Å²) in [6.45, 7) is 0. The Morgan fingerprint density at radius 1 is 1.06 bits per heavy atom. The van der Waals surface area contributed by atoms with Crippen LogP contribution in [0.15, 0.2) is 54.6 Å². The molecule has 1 amide bonds. The fourth-order valence-electron chi connectivity index (χ4n) is 1.56. The number of halogens is 1. The predicted molar refractivity (Wildman–Crippen MR) is 81.2 cm³/mol. The molecule has 0 spiro atoms. The van der Waals surface area contributed by atoms with Crippen LogP contribution in [-0.4, -0.2) is 5.91 Å². The first kappa shape index (κ1) is 13.0. The Labute approximate surface area is 120 Å². The highest BCUT2D eigenvalue weighted by Gasteiger charge is 2.15. The van der Waals surface area contributed by atoms with Crippen molar-refractivity contribution >= 4 is 34.2 Å². The Balaban J connectivity index is 2.06. The minimum atomic E-state index is -0.648. The van der Waals surface area contributed by atoms with Gasteiger partial charge in [-0.1, -0.05) is 30.3 Å². The topological polar surface area (TPSA) is 55.1 Å². The summed E-state index contributed by atoms with van der Waals surface area (Å²) in [4.78, 5) is 12.0. The maximum absolute atomic E-state index is 12.0. The zero-order valence-electron chi connectivity index (χ0n) is 9.64. The second-order valence-corrected chi connectivity index (χ2v) is 5.13. The van der Waals surface area contributed by atoms with Crippen molar-refractivity contribution in [3.05, 3.63) is 63.7 Å². The van der Waals surface area contributed by atoms with Crippen LogP contribution in [0.25, 0.3) is 0 Å². The number of hydrogen-bond donors (Lipinski definition) is 2. The third-order valence-electron chi connectivity index (χ3n) is 2.55. The summed E-state index contributed by atoms with van der Waals surface area (Å²) >= 11 is 2.22. The molecule has 0 aromatic heterocycles. The van der Waals surface area contributed by atoms with Crippen LogP contribution in [0.5, 0.6) is 0 Å². The molecule has 0 saturated heterocycles. The highest BCUT2D eigenvalue weighted by molar-refractivity contribution is 14.1. The molecule has 2 aromatic rings. The first-order valence-corrected chi connectivity index (χ1v) is 6.61. The lowest BCUT2D eigenvalue weighted by molar-refractivity contribution is -0.117. The van der Waals surface area contributed by atoms with Crippen molar-refractivity contribution in [2.24, 2.45) is 5.73 Å². The van der Waals surface area contributed by atoms with Gasteiger partial charge in [0.25, 0.3) is 0 Å². The third kappa shape index (κ3) is 3.30. The summed E-state index contributed by atoms with van der Waals surface area (Å²) < 4.78 is 1.12. The molecule has 18 heavy (non-hydrogen) atoms. The molecule has 92 valence electrons. The van der Waals surface area contributed by atoms with Crippen LogP contribution in [0, 0.1) is 3.57 Å². The van der Waals surface area contributed by atoms with E-state index in [9.17, 15) is 4.79 Å². The average molecular weight is 352 g/mol. The van der Waals surface area contributed by atoms with Crippen LogP contribution in [-0.2, 0) is 4.79 Å². The molecule has 0 heterocycles. The molecule has 2 rings (SSSR count). The molecule has 0 saturated carbocycles. The average Bonchev–Trinajstić information content (AvgIpc) is 2.41. The van der Waals surface area contributed by atoms with Crippen LogP contribution in [0.1, 0.15) is 11.6 Å². The van der Waals surface area contributed by atoms with Gasteiger partial charge in [0.2, 0.25) is 5.91 Å². The van der Waals surface area contributed by atoms with Gasteiger partial charge in [0.1, 0.15) is 6.04 Å². The van der Waals surface area contributed by atoms with E-state index < -0.39 is 6.04 Å². The normalized spacial score (nSPS) is 11.9. The van der Waals surface area contributed by atoms with Gasteiger partial charge >= 0.3 is 0 Å². The Morgan fingerprint density at radius 2 is 1.67 bits per heavy atom. The molecule has 1 unspecified atom stereocenters. The van der Waals surface area contributed by atoms with Gasteiger partial charge in [-0.2, -0.15) is 0 Å². The standard InChI is InChI=1S/C14H13IN2O/c15-11-6-8-12(9-7-11)17-14(18)13(16)10-4-2-1-3-5-10/h1-9,13H,16H2,(H,17,18). The Bertz CT molecular complexity index is 525. The summed E-state index contributed by atoms with van der Waals surface area (Å²) in [5.41, 5.74) is 7.47. The van der Waals surface area contributed by atoms with E-state index in [2.05, 4.69) is 27.9 Å². The fraction of sp³-hybridized carbons (Fsp3) is 0.0714. The van der Waals surface area contributed by atoms with E-state index in [1.165, 1.54) is 0 Å². The Morgan fingerprint density at radius 3 is 2.28 bits per heavy atom. The summed E-state index contributed by atoms with van der Waals surface area (Å²) in [7, 11) is 0. The monoisotopic (exact) mass is 352 g/mol. The molecule has 0 bridgehead atoms. The van der Waals surface area contributed by atoms with Crippen LogP contribution in [0.4, 0.5) is 5.69 Å². The lowest BCUT2D eigenvalue weighted by Gasteiger charge is -2.12. The van der Waals surface area contributed by atoms with Crippen LogP contribution in [0.3, 0.4) is 0 Å². The van der Waals surface area contributed by atoms with E-state index in [4.69, 9.17) is 5.73 Å². The molecule has 0 fully saturated rings. The quantitative estimate of drug-likeness (QED) is 0.835. The zero-order chi connectivity index (χ0) is 13.0. The molecule has 0 aliphatic rings. The molecule has 0 aliphatic carbocycles. The van der Waals surface area contributed by atoms with Gasteiger partial charge in [0, 0.05) is 9.26 Å². The minimum Gasteiger partial charge on any atom is -0.324 e. The highest BCUT2D eigenvalue weighted by Crippen LogP contribution is 2.15. The van der Waals surface area contributed by atoms with E-state index in [0.717, 1.165) is 14.8 Å². The van der Waals surface area contributed by atoms with Crippen molar-refractivity contribution in [2.75, 3.05) is 5.32 Å². The summed E-state index contributed by atoms with van der Waals surface area (Å²) in [5.74, 6) is -0.206. The van der Waals surface area contributed by atoms with Crippen LogP contribution in [0.2, 0.25) is 0 Å². The molecule has 0 radical (unpaired) electrons. The van der Waals surface area contributed by atoms with Crippen molar-refractivity contribution in [1.29, 1.82) is 0 Å². The van der Waals surface area contributed by atoms with E-state index in [1.54, 1.807) is 0 Å². The second-order valence-electron chi connectivity index (χ2n) is 3.88. The van der Waals surface area contributed by atoms with Crippen molar-refractivity contribution in [2.45, 2.75) is 6.04 Å². The van der Waals surface area contributed by atoms with E-state index >= 15 is 0 Å². The molecular formula is C14H13IN2O. The SMILES string of the molecule is NC(C(=O)Nc1ccc(I)cc1)c1ccccc1. The number of nitrogens with two attached hydrogens (primary N) is 1. The molecule has 2 aromatic carbocycles. The summed E-state index contributed by atoms with van der Waals surface area (Å²) in [6.07, 6.45) is 0. The van der Waals surface area contributed by atoms with Crippen LogP contribution < -0.4 is 11.1 Å². The van der Waals surface area contributed by atoms with Crippen molar-refractivity contribution in [1.82, 2.24) is 0 Å². The highest BCUT2D eigenvalue weighted by atomic mass is 127. The van der Waals surface area contributed by atoms with Gasteiger partial charge in [-0.15, -0.1) is 0 Å². The number of rotatable bonds is 3. The van der Waals surface area contributed by atoms with Crippen molar-refractivity contribution < 1.29 is 4.79 Å². The van der Waals surface area contributed by atoms with Crippen molar-refractivity contribution in [3.63, 3.8) is 0 Å². The smallest absolute Gasteiger partial charge is 0.245 e. The molecule has 1 atom stereocenters. The fourth-order valence-corrected chi connectivity index (χ4v) is 1.92. The van der Waals surface area contributed by atoms with Gasteiger partial charge in [-0.05, 0) is 52.4 Å². The minimum absolute atomic E-state index is 0.206. The number of carbonyl (C=O) groups is 1. The molecule has 3 N–H and O–H groups in total. The number of benzene rings is 2. The largest absolute Gasteiger partial charge is 0.324 e. The summed E-state index contributed by atoms with van der Waals surface area (Å²) in [6, 6.07) is 16.3.